The summed E-state index contributed by atoms with van der Waals surface area (Å²) in [5.74, 6) is -1.06. The van der Waals surface area contributed by atoms with Crippen LogP contribution in [-0.4, -0.2) is 66.3 Å². The van der Waals surface area contributed by atoms with Gasteiger partial charge in [0.15, 0.2) is 0 Å². The lowest BCUT2D eigenvalue weighted by atomic mass is 9.98. The second-order valence-corrected chi connectivity index (χ2v) is 9.29. The van der Waals surface area contributed by atoms with Gasteiger partial charge in [0.25, 0.3) is 0 Å². The number of likely N-dealkylation sites (tertiary alicyclic amines) is 1. The highest BCUT2D eigenvalue weighted by Crippen LogP contribution is 2.44. The number of rotatable bonds is 9. The van der Waals surface area contributed by atoms with E-state index in [1.54, 1.807) is 0 Å². The number of carboxylic acids is 1. The average molecular weight is 480 g/mol. The Morgan fingerprint density at radius 2 is 1.63 bits per heavy atom. The van der Waals surface area contributed by atoms with E-state index in [0.717, 1.165) is 12.8 Å². The molecule has 0 bridgehead atoms. The van der Waals surface area contributed by atoms with Crippen molar-refractivity contribution in [1.29, 1.82) is 0 Å². The molecular formula is C27H33N3O5. The van der Waals surface area contributed by atoms with Gasteiger partial charge in [-0.05, 0) is 41.5 Å². The number of ether oxygens (including phenoxy) is 1. The molecule has 186 valence electrons. The van der Waals surface area contributed by atoms with Gasteiger partial charge in [-0.3, -0.25) is 14.5 Å². The third kappa shape index (κ3) is 6.19. The highest BCUT2D eigenvalue weighted by Gasteiger charge is 2.29. The second-order valence-electron chi connectivity index (χ2n) is 9.29. The number of alkyl carbamates (subject to hydrolysis) is 1. The molecule has 8 heteroatoms. The van der Waals surface area contributed by atoms with Crippen molar-refractivity contribution in [2.45, 2.75) is 50.6 Å². The van der Waals surface area contributed by atoms with Gasteiger partial charge in [0.1, 0.15) is 6.61 Å². The molecule has 3 N–H and O–H groups in total. The molecule has 35 heavy (non-hydrogen) atoms. The third-order valence-electron chi connectivity index (χ3n) is 6.90. The molecule has 1 heterocycles. The number of benzene rings is 2. The lowest BCUT2D eigenvalue weighted by molar-refractivity contribution is -0.137. The Labute approximate surface area is 205 Å². The molecule has 1 aliphatic carbocycles. The molecule has 0 saturated carbocycles. The number of carbonyl (C=O) groups is 3. The minimum Gasteiger partial charge on any atom is -0.481 e. The summed E-state index contributed by atoms with van der Waals surface area (Å²) in [6.45, 7) is 3.73. The van der Waals surface area contributed by atoms with Crippen molar-refractivity contribution >= 4 is 18.0 Å². The number of nitrogens with one attached hydrogen (secondary N) is 2. The van der Waals surface area contributed by atoms with Crippen LogP contribution in [0.5, 0.6) is 0 Å². The predicted octanol–water partition coefficient (Wildman–Crippen LogP) is 3.36. The first kappa shape index (κ1) is 24.7. The van der Waals surface area contributed by atoms with Crippen molar-refractivity contribution < 1.29 is 24.2 Å². The van der Waals surface area contributed by atoms with E-state index in [9.17, 15) is 14.4 Å². The Kier molecular flexibility index (Phi) is 8.02. The second kappa shape index (κ2) is 11.4. The van der Waals surface area contributed by atoms with E-state index < -0.39 is 12.1 Å². The number of fused-ring (bicyclic) bond motifs is 3. The zero-order chi connectivity index (χ0) is 24.8. The Morgan fingerprint density at radius 1 is 1.03 bits per heavy atom. The minimum absolute atomic E-state index is 0.000336. The first-order chi connectivity index (χ1) is 16.9. The van der Waals surface area contributed by atoms with Crippen LogP contribution < -0.4 is 10.6 Å². The van der Waals surface area contributed by atoms with Crippen molar-refractivity contribution in [3.63, 3.8) is 0 Å². The van der Waals surface area contributed by atoms with Gasteiger partial charge in [-0.1, -0.05) is 55.5 Å². The van der Waals surface area contributed by atoms with Crippen LogP contribution >= 0.6 is 0 Å². The number of carboxylic acid groups (broad SMARTS) is 1. The van der Waals surface area contributed by atoms with Crippen LogP contribution in [0.4, 0.5) is 4.79 Å². The highest BCUT2D eigenvalue weighted by molar-refractivity contribution is 5.80. The fourth-order valence-corrected chi connectivity index (χ4v) is 5.03. The maximum atomic E-state index is 12.5. The van der Waals surface area contributed by atoms with E-state index in [2.05, 4.69) is 34.9 Å². The molecule has 1 aliphatic heterocycles. The lowest BCUT2D eigenvalue weighted by Crippen LogP contribution is -2.48. The first-order valence-electron chi connectivity index (χ1n) is 12.3. The van der Waals surface area contributed by atoms with Gasteiger partial charge >= 0.3 is 12.1 Å². The molecule has 2 aliphatic rings. The number of hydrogen-bond donors (Lipinski definition) is 3. The zero-order valence-corrected chi connectivity index (χ0v) is 20.0. The highest BCUT2D eigenvalue weighted by atomic mass is 16.5. The molecule has 4 rings (SSSR count). The van der Waals surface area contributed by atoms with Crippen molar-refractivity contribution in [2.24, 2.45) is 0 Å². The number of aliphatic carboxylic acids is 1. The number of nitrogens with zero attached hydrogens (tertiary/aromatic N) is 1. The quantitative estimate of drug-likeness (QED) is 0.509. The molecule has 2 aromatic rings. The van der Waals surface area contributed by atoms with Gasteiger partial charge in [-0.15, -0.1) is 0 Å². The van der Waals surface area contributed by atoms with Crippen LogP contribution in [0.25, 0.3) is 11.1 Å². The van der Waals surface area contributed by atoms with Gasteiger partial charge in [0.2, 0.25) is 5.91 Å². The summed E-state index contributed by atoms with van der Waals surface area (Å²) in [5, 5.41) is 14.7. The summed E-state index contributed by atoms with van der Waals surface area (Å²) in [6, 6.07) is 16.1. The van der Waals surface area contributed by atoms with Crippen molar-refractivity contribution in [3.8, 4) is 11.1 Å². The molecule has 0 unspecified atom stereocenters. The lowest BCUT2D eigenvalue weighted by Gasteiger charge is -2.32. The van der Waals surface area contributed by atoms with E-state index in [1.807, 2.05) is 36.1 Å². The van der Waals surface area contributed by atoms with E-state index in [1.165, 1.54) is 22.3 Å². The van der Waals surface area contributed by atoms with Gasteiger partial charge in [0, 0.05) is 31.1 Å². The topological polar surface area (TPSA) is 108 Å². The van der Waals surface area contributed by atoms with Crippen LogP contribution in [0.15, 0.2) is 48.5 Å². The van der Waals surface area contributed by atoms with Crippen LogP contribution in [0.1, 0.15) is 49.7 Å². The Hall–Kier alpha value is -3.39. The molecule has 2 aromatic carbocycles. The van der Waals surface area contributed by atoms with Crippen LogP contribution in [-0.2, 0) is 14.3 Å². The molecule has 2 amide bonds. The molecule has 0 spiro atoms. The maximum absolute atomic E-state index is 12.5. The average Bonchev–Trinajstić information content (AvgIpc) is 3.17. The number of carbonyl (C=O) groups excluding carboxylic acids is 2. The summed E-state index contributed by atoms with van der Waals surface area (Å²) in [7, 11) is 0. The number of amides is 2. The maximum Gasteiger partial charge on any atom is 0.407 e. The number of piperidine rings is 1. The Morgan fingerprint density at radius 3 is 2.20 bits per heavy atom. The molecular weight excluding hydrogens is 446 g/mol. The number of hydrogen-bond acceptors (Lipinski definition) is 5. The first-order valence-corrected chi connectivity index (χ1v) is 12.3. The van der Waals surface area contributed by atoms with E-state index in [-0.39, 0.29) is 43.5 Å². The van der Waals surface area contributed by atoms with Gasteiger partial charge in [0.05, 0.1) is 13.0 Å². The van der Waals surface area contributed by atoms with E-state index in [4.69, 9.17) is 9.84 Å². The van der Waals surface area contributed by atoms with Gasteiger partial charge in [-0.2, -0.15) is 0 Å². The Bertz CT molecular complexity index is 1020. The van der Waals surface area contributed by atoms with Gasteiger partial charge in [-0.25, -0.2) is 4.79 Å². The van der Waals surface area contributed by atoms with Crippen molar-refractivity contribution in [2.75, 3.05) is 26.2 Å². The molecule has 0 aromatic heterocycles. The molecule has 0 radical (unpaired) electrons. The van der Waals surface area contributed by atoms with Gasteiger partial charge < -0.3 is 20.5 Å². The third-order valence-corrected chi connectivity index (χ3v) is 6.90. The zero-order valence-electron chi connectivity index (χ0n) is 20.0. The van der Waals surface area contributed by atoms with Crippen molar-refractivity contribution in [1.82, 2.24) is 15.5 Å². The SMILES string of the molecule is CC[C@H](CC(=O)O)NC(=O)CN1CCC(NC(=O)OCC2c3ccccc3-c3ccccc32)CC1. The van der Waals surface area contributed by atoms with E-state index >= 15 is 0 Å². The summed E-state index contributed by atoms with van der Waals surface area (Å²) in [6.07, 6.45) is 1.54. The fraction of sp³-hybridized carbons (Fsp3) is 0.444. The van der Waals surface area contributed by atoms with Crippen LogP contribution in [0.2, 0.25) is 0 Å². The molecule has 1 fully saturated rings. The summed E-state index contributed by atoms with van der Waals surface area (Å²) in [5.41, 5.74) is 4.76. The monoisotopic (exact) mass is 479 g/mol. The summed E-state index contributed by atoms with van der Waals surface area (Å²) in [4.78, 5) is 37.7. The smallest absolute Gasteiger partial charge is 0.407 e. The van der Waals surface area contributed by atoms with Crippen LogP contribution in [0.3, 0.4) is 0 Å². The summed E-state index contributed by atoms with van der Waals surface area (Å²) < 4.78 is 5.65. The standard InChI is InChI=1S/C27H33N3O5/c1-2-18(15-26(32)33)28-25(31)16-30-13-11-19(12-14-30)29-27(34)35-17-24-22-9-5-3-7-20(22)21-8-4-6-10-23(21)24/h3-10,18-19,24H,2,11-17H2,1H3,(H,28,31)(H,29,34)(H,32,33)/t18-/m1/s1. The van der Waals surface area contributed by atoms with Crippen LogP contribution in [0, 0.1) is 0 Å². The molecule has 1 saturated heterocycles. The minimum atomic E-state index is -0.919. The fourth-order valence-electron chi connectivity index (χ4n) is 5.03. The molecule has 1 atom stereocenters. The van der Waals surface area contributed by atoms with E-state index in [0.29, 0.717) is 19.5 Å². The Balaban J connectivity index is 1.21. The van der Waals surface area contributed by atoms with Crippen molar-refractivity contribution in [3.05, 3.63) is 59.7 Å². The largest absolute Gasteiger partial charge is 0.481 e. The molecule has 8 nitrogen and oxygen atoms in total. The normalized spacial score (nSPS) is 16.7. The predicted molar refractivity (Wildman–Crippen MR) is 132 cm³/mol. The summed E-state index contributed by atoms with van der Waals surface area (Å²) >= 11 is 0.